The predicted octanol–water partition coefficient (Wildman–Crippen LogP) is 0.939. The number of hydrogen-bond donors (Lipinski definition) is 1. The van der Waals surface area contributed by atoms with E-state index in [0.717, 1.165) is 19.3 Å². The van der Waals surface area contributed by atoms with E-state index in [9.17, 15) is 9.59 Å². The molecule has 2 atom stereocenters. The van der Waals surface area contributed by atoms with Crippen LogP contribution in [0.2, 0.25) is 0 Å². The van der Waals surface area contributed by atoms with Gasteiger partial charge in [-0.3, -0.25) is 9.59 Å². The van der Waals surface area contributed by atoms with Gasteiger partial charge >= 0.3 is 0 Å². The van der Waals surface area contributed by atoms with Crippen LogP contribution in [0.3, 0.4) is 0 Å². The molecule has 1 saturated carbocycles. The molecule has 2 N–H and O–H groups in total. The van der Waals surface area contributed by atoms with Crippen molar-refractivity contribution in [2.75, 3.05) is 32.7 Å². The highest BCUT2D eigenvalue weighted by atomic mass is 16.3. The van der Waals surface area contributed by atoms with Crippen molar-refractivity contribution in [1.29, 1.82) is 0 Å². The highest BCUT2D eigenvalue weighted by Gasteiger charge is 2.36. The molecular weight excluding hydrogens is 282 g/mol. The first-order valence-corrected chi connectivity index (χ1v) is 8.02. The lowest BCUT2D eigenvalue weighted by Crippen LogP contribution is -2.52. The third kappa shape index (κ3) is 2.88. The fraction of sp³-hybridized carbons (Fsp3) is 0.625. The van der Waals surface area contributed by atoms with Gasteiger partial charge in [-0.15, -0.1) is 0 Å². The van der Waals surface area contributed by atoms with Crippen molar-refractivity contribution in [3.8, 4) is 0 Å². The highest BCUT2D eigenvalue weighted by molar-refractivity contribution is 5.91. The van der Waals surface area contributed by atoms with Crippen LogP contribution >= 0.6 is 0 Å². The Labute approximate surface area is 130 Å². The first-order chi connectivity index (χ1) is 10.7. The number of amides is 2. The van der Waals surface area contributed by atoms with Gasteiger partial charge in [0, 0.05) is 32.1 Å². The fourth-order valence-electron chi connectivity index (χ4n) is 3.56. The van der Waals surface area contributed by atoms with Crippen LogP contribution < -0.4 is 5.73 Å². The topological polar surface area (TPSA) is 79.8 Å². The molecule has 0 radical (unpaired) electrons. The normalized spacial score (nSPS) is 25.5. The van der Waals surface area contributed by atoms with Gasteiger partial charge in [0.15, 0.2) is 5.76 Å². The number of carbonyl (C=O) groups excluding carboxylic acids is 2. The summed E-state index contributed by atoms with van der Waals surface area (Å²) in [7, 11) is 0. The summed E-state index contributed by atoms with van der Waals surface area (Å²) >= 11 is 0. The number of furan rings is 1. The van der Waals surface area contributed by atoms with Gasteiger partial charge in [-0.25, -0.2) is 0 Å². The molecule has 1 aliphatic carbocycles. The highest BCUT2D eigenvalue weighted by Crippen LogP contribution is 2.32. The number of piperazine rings is 1. The summed E-state index contributed by atoms with van der Waals surface area (Å²) in [6.07, 6.45) is 4.60. The number of carbonyl (C=O) groups is 2. The molecule has 2 aliphatic rings. The molecule has 2 heterocycles. The van der Waals surface area contributed by atoms with Gasteiger partial charge in [0.1, 0.15) is 0 Å². The maximum absolute atomic E-state index is 12.6. The summed E-state index contributed by atoms with van der Waals surface area (Å²) in [6.45, 7) is 2.90. The van der Waals surface area contributed by atoms with E-state index in [1.165, 1.54) is 6.26 Å². The van der Waals surface area contributed by atoms with Crippen LogP contribution in [0.4, 0.5) is 0 Å². The van der Waals surface area contributed by atoms with Gasteiger partial charge in [-0.05, 0) is 37.4 Å². The Hall–Kier alpha value is -1.82. The molecule has 1 aliphatic heterocycles. The average Bonchev–Trinajstić information content (AvgIpc) is 3.24. The molecule has 6 heteroatoms. The molecule has 0 bridgehead atoms. The molecular formula is C16H23N3O3. The third-order valence-corrected chi connectivity index (χ3v) is 4.89. The first kappa shape index (κ1) is 15.1. The molecule has 1 aromatic heterocycles. The zero-order chi connectivity index (χ0) is 15.5. The third-order valence-electron chi connectivity index (χ3n) is 4.89. The largest absolute Gasteiger partial charge is 0.459 e. The lowest BCUT2D eigenvalue weighted by Gasteiger charge is -2.36. The van der Waals surface area contributed by atoms with Gasteiger partial charge in [-0.1, -0.05) is 6.42 Å². The van der Waals surface area contributed by atoms with Crippen molar-refractivity contribution < 1.29 is 14.0 Å². The van der Waals surface area contributed by atoms with E-state index in [2.05, 4.69) is 0 Å². The maximum Gasteiger partial charge on any atom is 0.289 e. The van der Waals surface area contributed by atoms with Gasteiger partial charge in [0.05, 0.1) is 6.26 Å². The number of nitrogens with two attached hydrogens (primary N) is 1. The summed E-state index contributed by atoms with van der Waals surface area (Å²) < 4.78 is 5.15. The summed E-state index contributed by atoms with van der Waals surface area (Å²) in [6, 6.07) is 3.38. The number of hydrogen-bond acceptors (Lipinski definition) is 4. The Balaban J connectivity index is 1.55. The van der Waals surface area contributed by atoms with Crippen LogP contribution in [0.15, 0.2) is 22.8 Å². The van der Waals surface area contributed by atoms with E-state index in [1.54, 1.807) is 17.0 Å². The van der Waals surface area contributed by atoms with Crippen LogP contribution in [-0.4, -0.2) is 54.3 Å². The molecule has 6 nitrogen and oxygen atoms in total. The van der Waals surface area contributed by atoms with E-state index in [1.807, 2.05) is 4.90 Å². The summed E-state index contributed by atoms with van der Waals surface area (Å²) in [4.78, 5) is 28.5. The molecule has 2 fully saturated rings. The second kappa shape index (κ2) is 6.52. The lowest BCUT2D eigenvalue weighted by atomic mass is 9.94. The minimum atomic E-state index is -0.0993. The van der Waals surface area contributed by atoms with E-state index in [4.69, 9.17) is 10.2 Å². The van der Waals surface area contributed by atoms with Crippen LogP contribution in [0, 0.1) is 11.8 Å². The van der Waals surface area contributed by atoms with Crippen molar-refractivity contribution in [2.24, 2.45) is 17.6 Å². The van der Waals surface area contributed by atoms with Crippen molar-refractivity contribution in [3.05, 3.63) is 24.2 Å². The van der Waals surface area contributed by atoms with Crippen molar-refractivity contribution >= 4 is 11.8 Å². The van der Waals surface area contributed by atoms with Crippen molar-refractivity contribution in [3.63, 3.8) is 0 Å². The minimum Gasteiger partial charge on any atom is -0.459 e. The maximum atomic E-state index is 12.6. The smallest absolute Gasteiger partial charge is 0.289 e. The van der Waals surface area contributed by atoms with Crippen LogP contribution in [0.1, 0.15) is 29.8 Å². The second-order valence-corrected chi connectivity index (χ2v) is 6.13. The van der Waals surface area contributed by atoms with Crippen LogP contribution in [-0.2, 0) is 4.79 Å². The monoisotopic (exact) mass is 305 g/mol. The van der Waals surface area contributed by atoms with Gasteiger partial charge < -0.3 is 20.0 Å². The Morgan fingerprint density at radius 3 is 2.55 bits per heavy atom. The Morgan fingerprint density at radius 1 is 1.18 bits per heavy atom. The molecule has 0 spiro atoms. The summed E-state index contributed by atoms with van der Waals surface area (Å²) in [5.41, 5.74) is 5.77. The van der Waals surface area contributed by atoms with Gasteiger partial charge in [0.2, 0.25) is 5.91 Å². The first-order valence-electron chi connectivity index (χ1n) is 8.02. The SMILES string of the molecule is NC[C@H]1CCC[C@H]1C(=O)N1CCN(C(=O)c2ccco2)CC1. The minimum absolute atomic E-state index is 0.0809. The Kier molecular flexibility index (Phi) is 4.47. The van der Waals surface area contributed by atoms with Crippen LogP contribution in [0.5, 0.6) is 0 Å². The molecule has 2 amide bonds. The predicted molar refractivity (Wildman–Crippen MR) is 81.1 cm³/mol. The lowest BCUT2D eigenvalue weighted by molar-refractivity contribution is -0.138. The summed E-state index contributed by atoms with van der Waals surface area (Å²) in [5, 5.41) is 0. The molecule has 1 saturated heterocycles. The molecule has 0 aromatic carbocycles. The molecule has 1 aromatic rings. The molecule has 0 unspecified atom stereocenters. The number of nitrogens with zero attached hydrogens (tertiary/aromatic N) is 2. The molecule has 120 valence electrons. The zero-order valence-corrected chi connectivity index (χ0v) is 12.7. The molecule has 22 heavy (non-hydrogen) atoms. The van der Waals surface area contributed by atoms with Crippen molar-refractivity contribution in [2.45, 2.75) is 19.3 Å². The quantitative estimate of drug-likeness (QED) is 0.901. The van der Waals surface area contributed by atoms with E-state index in [0.29, 0.717) is 44.4 Å². The Bertz CT molecular complexity index is 521. The van der Waals surface area contributed by atoms with Gasteiger partial charge in [-0.2, -0.15) is 0 Å². The fourth-order valence-corrected chi connectivity index (χ4v) is 3.56. The second-order valence-electron chi connectivity index (χ2n) is 6.13. The van der Waals surface area contributed by atoms with Crippen molar-refractivity contribution in [1.82, 2.24) is 9.80 Å². The Morgan fingerprint density at radius 2 is 1.91 bits per heavy atom. The molecule has 3 rings (SSSR count). The average molecular weight is 305 g/mol. The van der Waals surface area contributed by atoms with Crippen LogP contribution in [0.25, 0.3) is 0 Å². The van der Waals surface area contributed by atoms with E-state index < -0.39 is 0 Å². The van der Waals surface area contributed by atoms with E-state index in [-0.39, 0.29) is 17.7 Å². The standard InChI is InChI=1S/C16H23N3O3/c17-11-12-3-1-4-13(12)15(20)18-6-8-19(9-7-18)16(21)14-5-2-10-22-14/h2,5,10,12-13H,1,3-4,6-9,11,17H2/t12-,13-/m1/s1. The van der Waals surface area contributed by atoms with Gasteiger partial charge in [0.25, 0.3) is 5.91 Å². The summed E-state index contributed by atoms with van der Waals surface area (Å²) in [5.74, 6) is 0.891. The van der Waals surface area contributed by atoms with E-state index >= 15 is 0 Å². The zero-order valence-electron chi connectivity index (χ0n) is 12.7. The number of rotatable bonds is 3.